The number of benzene rings is 1. The van der Waals surface area contributed by atoms with Gasteiger partial charge in [-0.3, -0.25) is 14.5 Å². The Morgan fingerprint density at radius 3 is 2.41 bits per heavy atom. The van der Waals surface area contributed by atoms with E-state index in [-0.39, 0.29) is 22.8 Å². The van der Waals surface area contributed by atoms with Gasteiger partial charge in [-0.1, -0.05) is 18.5 Å². The van der Waals surface area contributed by atoms with Gasteiger partial charge >= 0.3 is 0 Å². The molecule has 0 spiro atoms. The molecule has 3 N–H and O–H groups in total. The van der Waals surface area contributed by atoms with Crippen LogP contribution in [0.5, 0.6) is 0 Å². The fourth-order valence-corrected chi connectivity index (χ4v) is 4.38. The Morgan fingerprint density at radius 2 is 1.83 bits per heavy atom. The first-order valence-corrected chi connectivity index (χ1v) is 11.6. The molecule has 0 bridgehead atoms. The van der Waals surface area contributed by atoms with Gasteiger partial charge in [-0.25, -0.2) is 8.42 Å². The van der Waals surface area contributed by atoms with Crippen LogP contribution >= 0.6 is 11.6 Å². The van der Waals surface area contributed by atoms with E-state index in [0.717, 1.165) is 6.42 Å². The number of sulfonamides is 1. The highest BCUT2D eigenvalue weighted by Crippen LogP contribution is 2.15. The van der Waals surface area contributed by atoms with Crippen molar-refractivity contribution in [1.29, 1.82) is 0 Å². The Bertz CT molecular complexity index is 793. The summed E-state index contributed by atoms with van der Waals surface area (Å²) < 4.78 is 27.2. The summed E-state index contributed by atoms with van der Waals surface area (Å²) in [5.74, 6) is -0.360. The van der Waals surface area contributed by atoms with E-state index in [4.69, 9.17) is 11.6 Å². The monoisotopic (exact) mass is 444 g/mol. The molecule has 0 aromatic heterocycles. The van der Waals surface area contributed by atoms with E-state index < -0.39 is 16.1 Å². The molecule has 2 rings (SSSR count). The summed E-state index contributed by atoms with van der Waals surface area (Å²) in [5.41, 5.74) is 0. The molecule has 1 atom stereocenters. The topological polar surface area (TPSA) is 108 Å². The molecule has 1 aromatic rings. The first-order chi connectivity index (χ1) is 13.7. The number of nitrogens with zero attached hydrogens (tertiary/aromatic N) is 1. The molecule has 162 valence electrons. The van der Waals surface area contributed by atoms with Gasteiger partial charge in [0.1, 0.15) is 0 Å². The molecule has 1 aliphatic rings. The maximum atomic E-state index is 12.4. The van der Waals surface area contributed by atoms with Crippen LogP contribution < -0.4 is 15.4 Å². The van der Waals surface area contributed by atoms with Crippen LogP contribution in [0.3, 0.4) is 0 Å². The first kappa shape index (κ1) is 23.6. The van der Waals surface area contributed by atoms with E-state index in [1.165, 1.54) is 31.2 Å². The number of carbonyl (C=O) groups is 2. The number of nitrogens with one attached hydrogen (secondary N) is 3. The van der Waals surface area contributed by atoms with Crippen LogP contribution in [-0.2, 0) is 19.6 Å². The van der Waals surface area contributed by atoms with Gasteiger partial charge in [0.25, 0.3) is 0 Å². The lowest BCUT2D eigenvalue weighted by Crippen LogP contribution is -2.51. The molecule has 29 heavy (non-hydrogen) atoms. The Labute approximate surface area is 177 Å². The summed E-state index contributed by atoms with van der Waals surface area (Å²) in [4.78, 5) is 26.3. The van der Waals surface area contributed by atoms with Crippen molar-refractivity contribution < 1.29 is 18.0 Å². The third-order valence-electron chi connectivity index (χ3n) is 4.72. The summed E-state index contributed by atoms with van der Waals surface area (Å²) in [5, 5.41) is 6.18. The molecular formula is C19H29ClN4O4S. The lowest BCUT2D eigenvalue weighted by Gasteiger charge is -2.32. The summed E-state index contributed by atoms with van der Waals surface area (Å²) in [6.45, 7) is 5.96. The van der Waals surface area contributed by atoms with Crippen LogP contribution in [0.1, 0.15) is 33.1 Å². The minimum absolute atomic E-state index is 0.0135. The summed E-state index contributed by atoms with van der Waals surface area (Å²) in [7, 11) is -3.81. The van der Waals surface area contributed by atoms with E-state index in [2.05, 4.69) is 20.3 Å². The smallest absolute Gasteiger partial charge is 0.241 e. The Morgan fingerprint density at radius 1 is 1.21 bits per heavy atom. The van der Waals surface area contributed by atoms with Crippen molar-refractivity contribution in [2.75, 3.05) is 26.2 Å². The molecule has 1 aliphatic heterocycles. The van der Waals surface area contributed by atoms with Gasteiger partial charge in [-0.15, -0.1) is 0 Å². The maximum Gasteiger partial charge on any atom is 0.241 e. The number of rotatable bonds is 9. The van der Waals surface area contributed by atoms with Crippen LogP contribution in [0.2, 0.25) is 5.02 Å². The Balaban J connectivity index is 1.78. The van der Waals surface area contributed by atoms with Gasteiger partial charge in [0.2, 0.25) is 21.8 Å². The summed E-state index contributed by atoms with van der Waals surface area (Å²) in [6, 6.07) is 4.80. The van der Waals surface area contributed by atoms with E-state index in [9.17, 15) is 18.0 Å². The average Bonchev–Trinajstić information content (AvgIpc) is 2.67. The van der Waals surface area contributed by atoms with Crippen LogP contribution in [0.4, 0.5) is 0 Å². The Kier molecular flexibility index (Phi) is 8.88. The van der Waals surface area contributed by atoms with Gasteiger partial charge in [-0.2, -0.15) is 4.72 Å². The SMILES string of the molecule is CCCNC(=O)CN1CCC(NC(=O)[C@H](C)NS(=O)(=O)c2ccc(Cl)cc2)CC1. The van der Waals surface area contributed by atoms with Crippen LogP contribution in [0.15, 0.2) is 29.2 Å². The van der Waals surface area contributed by atoms with Crippen molar-refractivity contribution in [3.63, 3.8) is 0 Å². The second kappa shape index (κ2) is 10.9. The number of carbonyl (C=O) groups excluding carboxylic acids is 2. The molecule has 1 heterocycles. The van der Waals surface area contributed by atoms with Gasteiger partial charge < -0.3 is 10.6 Å². The van der Waals surface area contributed by atoms with Crippen LogP contribution in [0.25, 0.3) is 0 Å². The summed E-state index contributed by atoms with van der Waals surface area (Å²) in [6.07, 6.45) is 2.33. The minimum Gasteiger partial charge on any atom is -0.355 e. The lowest BCUT2D eigenvalue weighted by molar-refractivity contribution is -0.124. The molecule has 0 unspecified atom stereocenters. The van der Waals surface area contributed by atoms with Crippen molar-refractivity contribution in [2.45, 2.75) is 50.1 Å². The number of hydrogen-bond donors (Lipinski definition) is 3. The third kappa shape index (κ3) is 7.58. The van der Waals surface area contributed by atoms with Gasteiger partial charge in [-0.05, 0) is 50.5 Å². The molecule has 0 saturated carbocycles. The molecule has 0 aliphatic carbocycles. The fraction of sp³-hybridized carbons (Fsp3) is 0.579. The molecule has 10 heteroatoms. The molecule has 1 aromatic carbocycles. The zero-order valence-corrected chi connectivity index (χ0v) is 18.4. The molecule has 2 amide bonds. The van der Waals surface area contributed by atoms with Gasteiger partial charge in [0.05, 0.1) is 17.5 Å². The fourth-order valence-electron chi connectivity index (χ4n) is 3.05. The van der Waals surface area contributed by atoms with Gasteiger partial charge in [0, 0.05) is 30.7 Å². The number of hydrogen-bond acceptors (Lipinski definition) is 5. The normalized spacial score (nSPS) is 16.9. The second-order valence-electron chi connectivity index (χ2n) is 7.21. The molecule has 1 saturated heterocycles. The predicted molar refractivity (Wildman–Crippen MR) is 112 cm³/mol. The number of likely N-dealkylation sites (tertiary alicyclic amines) is 1. The zero-order chi connectivity index (χ0) is 21.4. The molecular weight excluding hydrogens is 416 g/mol. The van der Waals surface area contributed by atoms with Crippen LogP contribution in [0, 0.1) is 0 Å². The van der Waals surface area contributed by atoms with Crippen LogP contribution in [-0.4, -0.2) is 63.4 Å². The minimum atomic E-state index is -3.81. The second-order valence-corrected chi connectivity index (χ2v) is 9.36. The van der Waals surface area contributed by atoms with Crippen molar-refractivity contribution in [1.82, 2.24) is 20.3 Å². The quantitative estimate of drug-likeness (QED) is 0.529. The van der Waals surface area contributed by atoms with E-state index in [0.29, 0.717) is 44.0 Å². The number of piperidine rings is 1. The number of halogens is 1. The standard InChI is InChI=1S/C19H29ClN4O4S/c1-3-10-21-18(25)13-24-11-8-16(9-12-24)22-19(26)14(2)23-29(27,28)17-6-4-15(20)5-7-17/h4-7,14,16,23H,3,8-13H2,1-2H3,(H,21,25)(H,22,26)/t14-/m0/s1. The van der Waals surface area contributed by atoms with Crippen molar-refractivity contribution in [2.24, 2.45) is 0 Å². The highest BCUT2D eigenvalue weighted by atomic mass is 35.5. The maximum absolute atomic E-state index is 12.4. The first-order valence-electron chi connectivity index (χ1n) is 9.78. The van der Waals surface area contributed by atoms with E-state index >= 15 is 0 Å². The summed E-state index contributed by atoms with van der Waals surface area (Å²) >= 11 is 5.78. The zero-order valence-electron chi connectivity index (χ0n) is 16.8. The van der Waals surface area contributed by atoms with E-state index in [1.807, 2.05) is 6.92 Å². The number of amides is 2. The lowest BCUT2D eigenvalue weighted by atomic mass is 10.0. The molecule has 8 nitrogen and oxygen atoms in total. The predicted octanol–water partition coefficient (Wildman–Crippen LogP) is 1.11. The molecule has 0 radical (unpaired) electrons. The largest absolute Gasteiger partial charge is 0.355 e. The van der Waals surface area contributed by atoms with Gasteiger partial charge in [0.15, 0.2) is 0 Å². The van der Waals surface area contributed by atoms with Crippen molar-refractivity contribution in [3.05, 3.63) is 29.3 Å². The highest BCUT2D eigenvalue weighted by Gasteiger charge is 2.26. The Hall–Kier alpha value is -1.68. The van der Waals surface area contributed by atoms with E-state index in [1.54, 1.807) is 0 Å². The van der Waals surface area contributed by atoms with Crippen molar-refractivity contribution in [3.8, 4) is 0 Å². The highest BCUT2D eigenvalue weighted by molar-refractivity contribution is 7.89. The van der Waals surface area contributed by atoms with Crippen molar-refractivity contribution >= 4 is 33.4 Å². The third-order valence-corrected chi connectivity index (χ3v) is 6.53. The molecule has 1 fully saturated rings. The average molecular weight is 445 g/mol.